The van der Waals surface area contributed by atoms with Crippen LogP contribution >= 0.6 is 23.8 Å². The van der Waals surface area contributed by atoms with E-state index >= 15 is 0 Å². The number of aliphatic carboxylic acids is 1. The van der Waals surface area contributed by atoms with Gasteiger partial charge in [0.25, 0.3) is 0 Å². The van der Waals surface area contributed by atoms with Gasteiger partial charge in [0.2, 0.25) is 0 Å². The number of fused-ring (bicyclic) bond motifs is 1. The van der Waals surface area contributed by atoms with Crippen molar-refractivity contribution in [2.24, 2.45) is 4.99 Å². The van der Waals surface area contributed by atoms with Crippen LogP contribution in [0.5, 0.6) is 5.75 Å². The second-order valence-corrected chi connectivity index (χ2v) is 6.73. The van der Waals surface area contributed by atoms with E-state index in [1.807, 2.05) is 30.3 Å². The summed E-state index contributed by atoms with van der Waals surface area (Å²) in [5.41, 5.74) is 3.47. The summed E-state index contributed by atoms with van der Waals surface area (Å²) in [6.07, 6.45) is 0.383. The molecule has 3 rings (SSSR count). The number of carboxylic acids is 1. The van der Waals surface area contributed by atoms with E-state index in [1.165, 1.54) is 0 Å². The number of rotatable bonds is 4. The van der Waals surface area contributed by atoms with Crippen LogP contribution in [0.15, 0.2) is 47.5 Å². The minimum absolute atomic E-state index is 0.124. The van der Waals surface area contributed by atoms with Crippen molar-refractivity contribution in [1.29, 1.82) is 0 Å². The van der Waals surface area contributed by atoms with Crippen LogP contribution in [-0.2, 0) is 11.2 Å². The predicted molar refractivity (Wildman–Crippen MR) is 102 cm³/mol. The topological polar surface area (TPSA) is 58.9 Å². The lowest BCUT2D eigenvalue weighted by molar-refractivity contribution is -0.137. The maximum Gasteiger partial charge on any atom is 0.305 e. The smallest absolute Gasteiger partial charge is 0.305 e. The third-order valence-corrected chi connectivity index (χ3v) is 4.75. The van der Waals surface area contributed by atoms with Crippen molar-refractivity contribution >= 4 is 40.4 Å². The van der Waals surface area contributed by atoms with E-state index in [-0.39, 0.29) is 6.42 Å². The van der Waals surface area contributed by atoms with Gasteiger partial charge in [0, 0.05) is 27.4 Å². The fraction of sp³-hybridized carbons (Fsp3) is 0.211. The van der Waals surface area contributed by atoms with Crippen LogP contribution < -0.4 is 4.74 Å². The summed E-state index contributed by atoms with van der Waals surface area (Å²) >= 11 is 11.5. The minimum atomic E-state index is -0.921. The molecular formula is C19H16ClNO3S. The molecule has 25 heavy (non-hydrogen) atoms. The summed E-state index contributed by atoms with van der Waals surface area (Å²) in [5.74, 6) is -0.210. The van der Waals surface area contributed by atoms with E-state index in [0.717, 1.165) is 16.7 Å². The number of thiocarbonyl (C=S) groups is 1. The van der Waals surface area contributed by atoms with Crippen LogP contribution in [0.4, 0.5) is 0 Å². The van der Waals surface area contributed by atoms with Gasteiger partial charge >= 0.3 is 5.97 Å². The molecule has 1 N–H and O–H groups in total. The highest BCUT2D eigenvalue weighted by atomic mass is 35.5. The molecule has 2 aromatic carbocycles. The van der Waals surface area contributed by atoms with E-state index in [0.29, 0.717) is 27.8 Å². The molecule has 128 valence electrons. The lowest BCUT2D eigenvalue weighted by atomic mass is 9.95. The van der Waals surface area contributed by atoms with Gasteiger partial charge < -0.3 is 9.84 Å². The van der Waals surface area contributed by atoms with Crippen LogP contribution in [0, 0.1) is 0 Å². The molecule has 0 bridgehead atoms. The average molecular weight is 374 g/mol. The first-order valence-electron chi connectivity index (χ1n) is 7.73. The Bertz CT molecular complexity index is 861. The molecule has 1 atom stereocenters. The van der Waals surface area contributed by atoms with Crippen molar-refractivity contribution in [2.45, 2.75) is 18.9 Å². The molecule has 0 aromatic heterocycles. The summed E-state index contributed by atoms with van der Waals surface area (Å²) in [7, 11) is 1.61. The van der Waals surface area contributed by atoms with E-state index < -0.39 is 12.0 Å². The molecular weight excluding hydrogens is 358 g/mol. The highest BCUT2D eigenvalue weighted by molar-refractivity contribution is 7.80. The van der Waals surface area contributed by atoms with Crippen LogP contribution in [0.2, 0.25) is 5.02 Å². The molecule has 1 heterocycles. The Morgan fingerprint density at radius 1 is 1.32 bits per heavy atom. The number of carboxylic acid groups (broad SMARTS) is 1. The normalized spacial score (nSPS) is 16.6. The lowest BCUT2D eigenvalue weighted by Crippen LogP contribution is -2.22. The maximum absolute atomic E-state index is 11.2. The molecule has 1 unspecified atom stereocenters. The number of carbonyl (C=O) groups is 1. The number of halogens is 1. The van der Waals surface area contributed by atoms with E-state index in [4.69, 9.17) is 33.5 Å². The zero-order chi connectivity index (χ0) is 18.0. The van der Waals surface area contributed by atoms with Crippen molar-refractivity contribution in [3.8, 4) is 5.75 Å². The van der Waals surface area contributed by atoms with Crippen molar-refractivity contribution in [1.82, 2.24) is 0 Å². The molecule has 0 aliphatic carbocycles. The number of ether oxygens (including phenoxy) is 1. The first-order chi connectivity index (χ1) is 12.0. The number of hydrogen-bond donors (Lipinski definition) is 1. The third kappa shape index (κ3) is 3.89. The van der Waals surface area contributed by atoms with Gasteiger partial charge in [-0.1, -0.05) is 42.0 Å². The Morgan fingerprint density at radius 3 is 2.68 bits per heavy atom. The second kappa shape index (κ2) is 7.33. The molecule has 0 radical (unpaired) electrons. The van der Waals surface area contributed by atoms with E-state index in [2.05, 4.69) is 0 Å². The van der Waals surface area contributed by atoms with Gasteiger partial charge in [-0.15, -0.1) is 0 Å². The second-order valence-electron chi connectivity index (χ2n) is 5.76. The predicted octanol–water partition coefficient (Wildman–Crippen LogP) is 3.96. The molecule has 0 saturated heterocycles. The van der Waals surface area contributed by atoms with Gasteiger partial charge in [-0.25, -0.2) is 0 Å². The summed E-state index contributed by atoms with van der Waals surface area (Å²) in [4.78, 5) is 16.6. The largest absolute Gasteiger partial charge is 0.497 e. The molecule has 0 amide bonds. The fourth-order valence-corrected chi connectivity index (χ4v) is 3.24. The molecule has 4 nitrogen and oxygen atoms in total. The molecule has 6 heteroatoms. The zero-order valence-corrected chi connectivity index (χ0v) is 15.1. The maximum atomic E-state index is 11.2. The first-order valence-corrected chi connectivity index (χ1v) is 8.52. The third-order valence-electron chi connectivity index (χ3n) is 4.08. The van der Waals surface area contributed by atoms with Crippen molar-refractivity contribution in [3.05, 3.63) is 64.2 Å². The van der Waals surface area contributed by atoms with Gasteiger partial charge in [-0.05, 0) is 29.8 Å². The number of methoxy groups -OCH3 is 1. The summed E-state index contributed by atoms with van der Waals surface area (Å²) in [6.45, 7) is 0. The van der Waals surface area contributed by atoms with Gasteiger partial charge in [0.1, 0.15) is 5.75 Å². The Balaban J connectivity index is 2.18. The Labute approximate surface area is 156 Å². The summed E-state index contributed by atoms with van der Waals surface area (Å²) in [6, 6.07) is 12.5. The number of aliphatic imine (C=N–C) groups is 1. The molecule has 0 spiro atoms. The molecule has 1 aliphatic heterocycles. The van der Waals surface area contributed by atoms with Crippen LogP contribution in [0.3, 0.4) is 0 Å². The fourth-order valence-electron chi connectivity index (χ4n) is 2.82. The van der Waals surface area contributed by atoms with Crippen molar-refractivity contribution < 1.29 is 14.6 Å². The summed E-state index contributed by atoms with van der Waals surface area (Å²) in [5, 5.41) is 9.83. The lowest BCUT2D eigenvalue weighted by Gasteiger charge is -2.12. The molecule has 0 saturated carbocycles. The highest BCUT2D eigenvalue weighted by Crippen LogP contribution is 2.27. The minimum Gasteiger partial charge on any atom is -0.497 e. The van der Waals surface area contributed by atoms with Gasteiger partial charge in [-0.2, -0.15) is 0 Å². The van der Waals surface area contributed by atoms with Crippen LogP contribution in [-0.4, -0.2) is 34.8 Å². The number of nitrogens with zero attached hydrogens (tertiary/aromatic N) is 1. The molecule has 2 aromatic rings. The van der Waals surface area contributed by atoms with Gasteiger partial charge in [0.05, 0.1) is 25.3 Å². The highest BCUT2D eigenvalue weighted by Gasteiger charge is 2.25. The van der Waals surface area contributed by atoms with Gasteiger partial charge in [0.15, 0.2) is 0 Å². The monoisotopic (exact) mass is 373 g/mol. The van der Waals surface area contributed by atoms with Crippen molar-refractivity contribution in [3.63, 3.8) is 0 Å². The quantitative estimate of drug-likeness (QED) is 0.824. The van der Waals surface area contributed by atoms with Crippen LogP contribution in [0.1, 0.15) is 23.1 Å². The van der Waals surface area contributed by atoms with Crippen molar-refractivity contribution in [2.75, 3.05) is 7.11 Å². The van der Waals surface area contributed by atoms with E-state index in [9.17, 15) is 9.90 Å². The van der Waals surface area contributed by atoms with Gasteiger partial charge in [-0.3, -0.25) is 9.79 Å². The average Bonchev–Trinajstić information content (AvgIpc) is 2.72. The Hall–Kier alpha value is -2.24. The van der Waals surface area contributed by atoms with E-state index in [1.54, 1.807) is 19.2 Å². The number of benzene rings is 2. The molecule has 0 fully saturated rings. The SMILES string of the molecule is COc1ccc2c(c1)C(c1ccc(Cl)cc1)=NC(CC(=O)O)C(=S)C2. The Morgan fingerprint density at radius 2 is 2.04 bits per heavy atom. The zero-order valence-electron chi connectivity index (χ0n) is 13.5. The van der Waals surface area contributed by atoms with Crippen LogP contribution in [0.25, 0.3) is 0 Å². The first kappa shape index (κ1) is 17.6. The number of hydrogen-bond acceptors (Lipinski definition) is 4. The standard InChI is InChI=1S/C19H16ClNO3S/c1-24-14-7-4-12-8-17(25)16(10-18(22)23)21-19(15(12)9-14)11-2-5-13(20)6-3-11/h2-7,9,16H,8,10H2,1H3,(H,22,23). The Kier molecular flexibility index (Phi) is 5.16. The molecule has 1 aliphatic rings. The summed E-state index contributed by atoms with van der Waals surface area (Å²) < 4.78 is 5.34.